The lowest BCUT2D eigenvalue weighted by atomic mass is 9.80. The summed E-state index contributed by atoms with van der Waals surface area (Å²) in [4.78, 5) is 0. The summed E-state index contributed by atoms with van der Waals surface area (Å²) in [7, 11) is 0. The van der Waals surface area contributed by atoms with Crippen LogP contribution in [0.25, 0.3) is 0 Å². The summed E-state index contributed by atoms with van der Waals surface area (Å²) < 4.78 is 0. The van der Waals surface area contributed by atoms with E-state index in [2.05, 4.69) is 31.3 Å². The Morgan fingerprint density at radius 1 is 1.22 bits per heavy atom. The Hall–Kier alpha value is -0.860. The monoisotopic (exact) mass is 247 g/mol. The molecule has 2 N–H and O–H groups in total. The fourth-order valence-electron chi connectivity index (χ4n) is 2.90. The van der Waals surface area contributed by atoms with Crippen LogP contribution in [-0.4, -0.2) is 11.1 Å². The van der Waals surface area contributed by atoms with E-state index in [4.69, 9.17) is 5.11 Å². The van der Waals surface area contributed by atoms with E-state index < -0.39 is 0 Å². The molecule has 0 spiro atoms. The molecule has 1 fully saturated rings. The fourth-order valence-corrected chi connectivity index (χ4v) is 2.90. The van der Waals surface area contributed by atoms with Crippen molar-refractivity contribution in [1.82, 2.24) is 5.32 Å². The third kappa shape index (κ3) is 3.56. The number of nitrogens with one attached hydrogen (secondary N) is 1. The summed E-state index contributed by atoms with van der Waals surface area (Å²) >= 11 is 0. The molecule has 0 heterocycles. The van der Waals surface area contributed by atoms with Crippen LogP contribution in [0.4, 0.5) is 0 Å². The van der Waals surface area contributed by atoms with Crippen molar-refractivity contribution in [3.8, 4) is 0 Å². The SMILES string of the molecule is CC1CCC(C)C(NCc2cccc(CO)c2)C1. The highest BCUT2D eigenvalue weighted by Crippen LogP contribution is 2.28. The van der Waals surface area contributed by atoms with Gasteiger partial charge in [-0.15, -0.1) is 0 Å². The van der Waals surface area contributed by atoms with Crippen LogP contribution in [0.2, 0.25) is 0 Å². The van der Waals surface area contributed by atoms with Gasteiger partial charge < -0.3 is 10.4 Å². The Bertz CT molecular complexity index is 377. The number of aliphatic hydroxyl groups excluding tert-OH is 1. The zero-order chi connectivity index (χ0) is 13.0. The average molecular weight is 247 g/mol. The van der Waals surface area contributed by atoms with Crippen LogP contribution in [0.1, 0.15) is 44.2 Å². The van der Waals surface area contributed by atoms with Crippen LogP contribution in [0.3, 0.4) is 0 Å². The van der Waals surface area contributed by atoms with E-state index in [1.54, 1.807) is 0 Å². The van der Waals surface area contributed by atoms with Gasteiger partial charge in [0, 0.05) is 12.6 Å². The number of hydrogen-bond acceptors (Lipinski definition) is 2. The lowest BCUT2D eigenvalue weighted by Crippen LogP contribution is -2.39. The van der Waals surface area contributed by atoms with Gasteiger partial charge >= 0.3 is 0 Å². The zero-order valence-corrected chi connectivity index (χ0v) is 11.5. The summed E-state index contributed by atoms with van der Waals surface area (Å²) in [6.45, 7) is 5.75. The third-order valence-electron chi connectivity index (χ3n) is 4.20. The van der Waals surface area contributed by atoms with Crippen LogP contribution in [0.15, 0.2) is 24.3 Å². The molecule has 0 radical (unpaired) electrons. The molecule has 1 aromatic carbocycles. The summed E-state index contributed by atoms with van der Waals surface area (Å²) in [5.41, 5.74) is 2.27. The van der Waals surface area contributed by atoms with E-state index in [1.165, 1.54) is 24.8 Å². The summed E-state index contributed by atoms with van der Waals surface area (Å²) in [5.74, 6) is 1.63. The minimum absolute atomic E-state index is 0.130. The first-order valence-electron chi connectivity index (χ1n) is 7.11. The van der Waals surface area contributed by atoms with Crippen LogP contribution in [-0.2, 0) is 13.2 Å². The van der Waals surface area contributed by atoms with Crippen molar-refractivity contribution in [2.24, 2.45) is 11.8 Å². The molecule has 2 rings (SSSR count). The molecule has 0 aromatic heterocycles. The second kappa shape index (κ2) is 6.35. The maximum Gasteiger partial charge on any atom is 0.0681 e. The fraction of sp³-hybridized carbons (Fsp3) is 0.625. The average Bonchev–Trinajstić information content (AvgIpc) is 2.40. The van der Waals surface area contributed by atoms with Gasteiger partial charge in [-0.2, -0.15) is 0 Å². The lowest BCUT2D eigenvalue weighted by molar-refractivity contribution is 0.227. The summed E-state index contributed by atoms with van der Waals surface area (Å²) in [6, 6.07) is 8.85. The van der Waals surface area contributed by atoms with Gasteiger partial charge in [-0.1, -0.05) is 44.5 Å². The van der Waals surface area contributed by atoms with Crippen molar-refractivity contribution in [3.63, 3.8) is 0 Å². The molecule has 100 valence electrons. The molecule has 3 unspecified atom stereocenters. The molecule has 0 saturated heterocycles. The summed E-state index contributed by atoms with van der Waals surface area (Å²) in [6.07, 6.45) is 4.01. The van der Waals surface area contributed by atoms with E-state index in [9.17, 15) is 0 Å². The largest absolute Gasteiger partial charge is 0.392 e. The van der Waals surface area contributed by atoms with E-state index in [1.807, 2.05) is 12.1 Å². The minimum atomic E-state index is 0.130. The molecule has 0 amide bonds. The van der Waals surface area contributed by atoms with Gasteiger partial charge in [0.2, 0.25) is 0 Å². The molecular weight excluding hydrogens is 222 g/mol. The molecule has 2 nitrogen and oxygen atoms in total. The van der Waals surface area contributed by atoms with Crippen molar-refractivity contribution in [1.29, 1.82) is 0 Å². The van der Waals surface area contributed by atoms with Crippen LogP contribution in [0.5, 0.6) is 0 Å². The smallest absolute Gasteiger partial charge is 0.0681 e. The predicted octanol–water partition coefficient (Wildman–Crippen LogP) is 3.09. The Labute approximate surface area is 110 Å². The zero-order valence-electron chi connectivity index (χ0n) is 11.5. The second-order valence-corrected chi connectivity index (χ2v) is 5.86. The Morgan fingerprint density at radius 3 is 2.78 bits per heavy atom. The summed E-state index contributed by atoms with van der Waals surface area (Å²) in [5, 5.41) is 12.8. The van der Waals surface area contributed by atoms with Crippen LogP contribution >= 0.6 is 0 Å². The standard InChI is InChI=1S/C16H25NO/c1-12-6-7-13(2)16(8-12)17-10-14-4-3-5-15(9-14)11-18/h3-5,9,12-13,16-18H,6-8,10-11H2,1-2H3. The van der Waals surface area contributed by atoms with Crippen LogP contribution < -0.4 is 5.32 Å². The van der Waals surface area contributed by atoms with Gasteiger partial charge in [-0.25, -0.2) is 0 Å². The van der Waals surface area contributed by atoms with Crippen molar-refractivity contribution in [2.75, 3.05) is 0 Å². The Kier molecular flexibility index (Phi) is 4.79. The first kappa shape index (κ1) is 13.6. The van der Waals surface area contributed by atoms with E-state index in [0.717, 1.165) is 23.9 Å². The normalized spacial score (nSPS) is 28.3. The minimum Gasteiger partial charge on any atom is -0.392 e. The highest BCUT2D eigenvalue weighted by Gasteiger charge is 2.24. The predicted molar refractivity (Wildman–Crippen MR) is 75.2 cm³/mol. The van der Waals surface area contributed by atoms with Crippen LogP contribution in [0, 0.1) is 11.8 Å². The number of benzene rings is 1. The molecule has 0 bridgehead atoms. The highest BCUT2D eigenvalue weighted by molar-refractivity contribution is 5.22. The molecule has 1 saturated carbocycles. The number of hydrogen-bond donors (Lipinski definition) is 2. The maximum absolute atomic E-state index is 9.14. The molecular formula is C16H25NO. The molecule has 1 aliphatic rings. The molecule has 1 aromatic rings. The first-order valence-corrected chi connectivity index (χ1v) is 7.11. The quantitative estimate of drug-likeness (QED) is 0.857. The van der Waals surface area contributed by atoms with Gasteiger partial charge in [0.15, 0.2) is 0 Å². The molecule has 18 heavy (non-hydrogen) atoms. The van der Waals surface area contributed by atoms with Crippen molar-refractivity contribution >= 4 is 0 Å². The van der Waals surface area contributed by atoms with Gasteiger partial charge in [0.25, 0.3) is 0 Å². The first-order chi connectivity index (χ1) is 8.69. The number of aliphatic hydroxyl groups is 1. The lowest BCUT2D eigenvalue weighted by Gasteiger charge is -2.33. The van der Waals surface area contributed by atoms with E-state index in [0.29, 0.717) is 6.04 Å². The van der Waals surface area contributed by atoms with Crippen molar-refractivity contribution in [2.45, 2.75) is 52.3 Å². The molecule has 1 aliphatic carbocycles. The van der Waals surface area contributed by atoms with Crippen molar-refractivity contribution in [3.05, 3.63) is 35.4 Å². The van der Waals surface area contributed by atoms with E-state index in [-0.39, 0.29) is 6.61 Å². The molecule has 3 atom stereocenters. The second-order valence-electron chi connectivity index (χ2n) is 5.86. The topological polar surface area (TPSA) is 32.3 Å². The van der Waals surface area contributed by atoms with Gasteiger partial charge in [0.05, 0.1) is 6.61 Å². The van der Waals surface area contributed by atoms with Crippen molar-refractivity contribution < 1.29 is 5.11 Å². The van der Waals surface area contributed by atoms with Gasteiger partial charge in [0.1, 0.15) is 0 Å². The maximum atomic E-state index is 9.14. The third-order valence-corrected chi connectivity index (χ3v) is 4.20. The Balaban J connectivity index is 1.89. The van der Waals surface area contributed by atoms with Gasteiger partial charge in [-0.05, 0) is 35.8 Å². The van der Waals surface area contributed by atoms with Gasteiger partial charge in [-0.3, -0.25) is 0 Å². The molecule has 0 aliphatic heterocycles. The number of rotatable bonds is 4. The Morgan fingerprint density at radius 2 is 2.00 bits per heavy atom. The highest BCUT2D eigenvalue weighted by atomic mass is 16.3. The molecule has 2 heteroatoms. The van der Waals surface area contributed by atoms with E-state index >= 15 is 0 Å².